The number of rotatable bonds is 1. The van der Waals surface area contributed by atoms with Crippen LogP contribution in [0.5, 0.6) is 0 Å². The SMILES string of the molecule is C=C(C)[C@H]1C[C@@H]2[C@](C)(CCC[C@]2(C)O)[C@@H](O)C1. The van der Waals surface area contributed by atoms with Gasteiger partial charge in [0.15, 0.2) is 0 Å². The molecule has 0 saturated heterocycles. The largest absolute Gasteiger partial charge is 0.393 e. The highest BCUT2D eigenvalue weighted by Gasteiger charge is 2.54. The van der Waals surface area contributed by atoms with E-state index in [-0.39, 0.29) is 17.4 Å². The van der Waals surface area contributed by atoms with Crippen LogP contribution in [0.15, 0.2) is 12.2 Å². The second-order valence-corrected chi connectivity index (χ2v) is 6.80. The normalized spacial score (nSPS) is 50.8. The van der Waals surface area contributed by atoms with Crippen molar-refractivity contribution >= 4 is 0 Å². The van der Waals surface area contributed by atoms with Crippen LogP contribution in [0.3, 0.4) is 0 Å². The minimum absolute atomic E-state index is 0.103. The lowest BCUT2D eigenvalue weighted by molar-refractivity contribution is -0.167. The Balaban J connectivity index is 2.30. The van der Waals surface area contributed by atoms with E-state index in [1.54, 1.807) is 0 Å². The van der Waals surface area contributed by atoms with Crippen molar-refractivity contribution in [2.45, 2.75) is 64.6 Å². The van der Waals surface area contributed by atoms with E-state index in [9.17, 15) is 10.2 Å². The van der Waals surface area contributed by atoms with Gasteiger partial charge in [-0.25, -0.2) is 0 Å². The standard InChI is InChI=1S/C15H26O2/c1-10(2)11-8-12-14(3,13(16)9-11)6-5-7-15(12,4)17/h11-13,16-17H,1,5-9H2,2-4H3/t11-,12+,13-,14-,15-/m0/s1. The number of hydrogen-bond donors (Lipinski definition) is 2. The second-order valence-electron chi connectivity index (χ2n) is 6.80. The van der Waals surface area contributed by atoms with E-state index >= 15 is 0 Å². The summed E-state index contributed by atoms with van der Waals surface area (Å²) in [6, 6.07) is 0. The van der Waals surface area contributed by atoms with Crippen molar-refractivity contribution in [3.05, 3.63) is 12.2 Å². The van der Waals surface area contributed by atoms with Crippen molar-refractivity contribution < 1.29 is 10.2 Å². The molecule has 0 bridgehead atoms. The molecule has 2 fully saturated rings. The molecule has 17 heavy (non-hydrogen) atoms. The lowest BCUT2D eigenvalue weighted by Crippen LogP contribution is -2.57. The van der Waals surface area contributed by atoms with Crippen LogP contribution in [-0.2, 0) is 0 Å². The highest BCUT2D eigenvalue weighted by molar-refractivity contribution is 5.10. The molecule has 0 aliphatic heterocycles. The number of hydrogen-bond acceptors (Lipinski definition) is 2. The average Bonchev–Trinajstić information content (AvgIpc) is 2.19. The van der Waals surface area contributed by atoms with Gasteiger partial charge in [-0.15, -0.1) is 0 Å². The Bertz CT molecular complexity index is 321. The molecule has 2 rings (SSSR count). The maximum atomic E-state index is 10.6. The first-order chi connectivity index (χ1) is 7.77. The number of fused-ring (bicyclic) bond motifs is 1. The lowest BCUT2D eigenvalue weighted by Gasteiger charge is -2.56. The summed E-state index contributed by atoms with van der Waals surface area (Å²) < 4.78 is 0. The number of aliphatic hydroxyl groups excluding tert-OH is 1. The summed E-state index contributed by atoms with van der Waals surface area (Å²) in [4.78, 5) is 0. The van der Waals surface area contributed by atoms with Crippen molar-refractivity contribution in [3.63, 3.8) is 0 Å². The molecule has 0 amide bonds. The molecule has 0 aromatic rings. The highest BCUT2D eigenvalue weighted by Crippen LogP contribution is 2.56. The van der Waals surface area contributed by atoms with Crippen molar-refractivity contribution in [2.75, 3.05) is 0 Å². The molecule has 0 aromatic heterocycles. The zero-order chi connectivity index (χ0) is 12.8. The topological polar surface area (TPSA) is 40.5 Å². The second kappa shape index (κ2) is 4.10. The molecule has 2 aliphatic rings. The third-order valence-corrected chi connectivity index (χ3v) is 5.43. The van der Waals surface area contributed by atoms with Crippen molar-refractivity contribution in [1.29, 1.82) is 0 Å². The van der Waals surface area contributed by atoms with Gasteiger partial charge in [0.2, 0.25) is 0 Å². The van der Waals surface area contributed by atoms with Gasteiger partial charge in [-0.1, -0.05) is 19.1 Å². The molecular formula is C15H26O2. The zero-order valence-electron chi connectivity index (χ0n) is 11.4. The first kappa shape index (κ1) is 13.1. The Morgan fingerprint density at radius 2 is 1.88 bits per heavy atom. The molecule has 2 aliphatic carbocycles. The predicted octanol–water partition coefficient (Wildman–Crippen LogP) is 2.89. The summed E-state index contributed by atoms with van der Waals surface area (Å²) in [5.74, 6) is 0.571. The van der Waals surface area contributed by atoms with Gasteiger partial charge in [-0.3, -0.25) is 0 Å². The summed E-state index contributed by atoms with van der Waals surface area (Å²) in [6.07, 6.45) is 4.43. The fourth-order valence-electron chi connectivity index (χ4n) is 4.13. The lowest BCUT2D eigenvalue weighted by atomic mass is 9.52. The van der Waals surface area contributed by atoms with Gasteiger partial charge in [-0.05, 0) is 63.2 Å². The monoisotopic (exact) mass is 238 g/mol. The van der Waals surface area contributed by atoms with Crippen LogP contribution in [0, 0.1) is 17.3 Å². The van der Waals surface area contributed by atoms with Crippen LogP contribution in [0.4, 0.5) is 0 Å². The van der Waals surface area contributed by atoms with Crippen LogP contribution in [0.2, 0.25) is 0 Å². The number of aliphatic hydroxyl groups is 2. The molecule has 0 unspecified atom stereocenters. The number of allylic oxidation sites excluding steroid dienone is 1. The Morgan fingerprint density at radius 1 is 1.24 bits per heavy atom. The van der Waals surface area contributed by atoms with Crippen LogP contribution in [-0.4, -0.2) is 21.9 Å². The Morgan fingerprint density at radius 3 is 2.47 bits per heavy atom. The smallest absolute Gasteiger partial charge is 0.0654 e. The van der Waals surface area contributed by atoms with E-state index in [4.69, 9.17) is 0 Å². The van der Waals surface area contributed by atoms with Crippen molar-refractivity contribution in [2.24, 2.45) is 17.3 Å². The van der Waals surface area contributed by atoms with Gasteiger partial charge in [-0.2, -0.15) is 0 Å². The van der Waals surface area contributed by atoms with E-state index in [2.05, 4.69) is 13.5 Å². The molecule has 2 heteroatoms. The Hall–Kier alpha value is -0.340. The summed E-state index contributed by atoms with van der Waals surface area (Å²) in [5.41, 5.74) is 0.419. The maximum absolute atomic E-state index is 10.6. The summed E-state index contributed by atoms with van der Waals surface area (Å²) in [7, 11) is 0. The van der Waals surface area contributed by atoms with E-state index in [1.165, 1.54) is 0 Å². The van der Waals surface area contributed by atoms with Crippen LogP contribution in [0.25, 0.3) is 0 Å². The van der Waals surface area contributed by atoms with Gasteiger partial charge < -0.3 is 10.2 Å². The highest BCUT2D eigenvalue weighted by atomic mass is 16.3. The summed E-state index contributed by atoms with van der Waals surface area (Å²) in [6.45, 7) is 10.2. The zero-order valence-corrected chi connectivity index (χ0v) is 11.4. The first-order valence-electron chi connectivity index (χ1n) is 6.83. The minimum Gasteiger partial charge on any atom is -0.393 e. The molecule has 5 atom stereocenters. The minimum atomic E-state index is -0.623. The maximum Gasteiger partial charge on any atom is 0.0654 e. The Kier molecular flexibility index (Phi) is 3.16. The fraction of sp³-hybridized carbons (Fsp3) is 0.867. The molecule has 2 N–H and O–H groups in total. The van der Waals surface area contributed by atoms with Crippen molar-refractivity contribution in [3.8, 4) is 0 Å². The van der Waals surface area contributed by atoms with Gasteiger partial charge in [0.05, 0.1) is 11.7 Å². The van der Waals surface area contributed by atoms with Crippen LogP contribution in [0.1, 0.15) is 52.9 Å². The van der Waals surface area contributed by atoms with E-state index in [1.807, 2.05) is 13.8 Å². The van der Waals surface area contributed by atoms with Crippen LogP contribution >= 0.6 is 0 Å². The third kappa shape index (κ3) is 2.06. The summed E-state index contributed by atoms with van der Waals surface area (Å²) in [5, 5.41) is 21.1. The molecule has 0 aromatic carbocycles. The fourth-order valence-corrected chi connectivity index (χ4v) is 4.13. The molecular weight excluding hydrogens is 212 g/mol. The molecule has 2 saturated carbocycles. The van der Waals surface area contributed by atoms with E-state index in [0.717, 1.165) is 37.7 Å². The molecule has 0 heterocycles. The molecule has 0 radical (unpaired) electrons. The van der Waals surface area contributed by atoms with Gasteiger partial charge >= 0.3 is 0 Å². The van der Waals surface area contributed by atoms with Gasteiger partial charge in [0, 0.05) is 0 Å². The van der Waals surface area contributed by atoms with Crippen molar-refractivity contribution in [1.82, 2.24) is 0 Å². The van der Waals surface area contributed by atoms with Crippen LogP contribution < -0.4 is 0 Å². The third-order valence-electron chi connectivity index (χ3n) is 5.43. The van der Waals surface area contributed by atoms with E-state index in [0.29, 0.717) is 5.92 Å². The molecule has 0 spiro atoms. The predicted molar refractivity (Wildman–Crippen MR) is 69.6 cm³/mol. The Labute approximate surface area is 105 Å². The average molecular weight is 238 g/mol. The quantitative estimate of drug-likeness (QED) is 0.690. The van der Waals surface area contributed by atoms with E-state index < -0.39 is 5.60 Å². The molecule has 2 nitrogen and oxygen atoms in total. The summed E-state index contributed by atoms with van der Waals surface area (Å²) >= 11 is 0. The van der Waals surface area contributed by atoms with Gasteiger partial charge in [0.25, 0.3) is 0 Å². The van der Waals surface area contributed by atoms with Gasteiger partial charge in [0.1, 0.15) is 0 Å². The first-order valence-corrected chi connectivity index (χ1v) is 6.83. The molecule has 98 valence electrons.